The molecule has 1 aliphatic carbocycles. The van der Waals surface area contributed by atoms with E-state index in [-0.39, 0.29) is 11.8 Å². The zero-order valence-corrected chi connectivity index (χ0v) is 10.1. The van der Waals surface area contributed by atoms with Gasteiger partial charge in [0.05, 0.1) is 11.1 Å². The molecule has 3 N–H and O–H groups in total. The van der Waals surface area contributed by atoms with Crippen molar-refractivity contribution in [3.63, 3.8) is 0 Å². The zero-order valence-electron chi connectivity index (χ0n) is 8.53. The fourth-order valence-electron chi connectivity index (χ4n) is 1.67. The molecule has 3 nitrogen and oxygen atoms in total. The predicted octanol–water partition coefficient (Wildman–Crippen LogP) is 2.37. The van der Waals surface area contributed by atoms with E-state index in [1.54, 1.807) is 0 Å². The fraction of sp³-hybridized carbons (Fsp3) is 0.455. The van der Waals surface area contributed by atoms with Crippen molar-refractivity contribution in [2.24, 2.45) is 5.73 Å². The van der Waals surface area contributed by atoms with Crippen molar-refractivity contribution in [1.82, 2.24) is 0 Å². The second-order valence-electron chi connectivity index (χ2n) is 3.79. The molecule has 15 heavy (non-hydrogen) atoms. The summed E-state index contributed by atoms with van der Waals surface area (Å²) in [6.45, 7) is 2.43. The van der Waals surface area contributed by atoms with Gasteiger partial charge in [-0.3, -0.25) is 0 Å². The Bertz CT molecular complexity index is 381. The summed E-state index contributed by atoms with van der Waals surface area (Å²) in [7, 11) is 0. The lowest BCUT2D eigenvalue weighted by atomic mass is 10.1. The number of benzene rings is 1. The smallest absolute Gasteiger partial charge is 0.172 e. The highest BCUT2D eigenvalue weighted by atomic mass is 79.9. The van der Waals surface area contributed by atoms with Gasteiger partial charge >= 0.3 is 0 Å². The van der Waals surface area contributed by atoms with E-state index >= 15 is 0 Å². The van der Waals surface area contributed by atoms with E-state index in [4.69, 9.17) is 10.5 Å². The van der Waals surface area contributed by atoms with Crippen molar-refractivity contribution in [2.45, 2.75) is 25.3 Å². The first-order valence-corrected chi connectivity index (χ1v) is 5.83. The lowest BCUT2D eigenvalue weighted by Crippen LogP contribution is -2.01. The molecule has 0 unspecified atom stereocenters. The number of nitrogens with two attached hydrogens (primary N) is 1. The molecule has 82 valence electrons. The Kier molecular flexibility index (Phi) is 2.89. The molecule has 1 aromatic carbocycles. The van der Waals surface area contributed by atoms with Gasteiger partial charge in [0.2, 0.25) is 0 Å². The molecule has 1 saturated carbocycles. The first-order chi connectivity index (χ1) is 7.13. The van der Waals surface area contributed by atoms with Gasteiger partial charge in [-0.2, -0.15) is 0 Å². The van der Waals surface area contributed by atoms with Gasteiger partial charge in [0.25, 0.3) is 0 Å². The van der Waals surface area contributed by atoms with Crippen LogP contribution in [0.5, 0.6) is 11.5 Å². The summed E-state index contributed by atoms with van der Waals surface area (Å²) in [5, 5.41) is 9.72. The van der Waals surface area contributed by atoms with Gasteiger partial charge in [-0.05, 0) is 47.0 Å². The molecule has 0 amide bonds. The maximum absolute atomic E-state index is 9.72. The Balaban J connectivity index is 2.33. The van der Waals surface area contributed by atoms with Crippen molar-refractivity contribution >= 4 is 15.9 Å². The molecule has 4 heteroatoms. The molecule has 1 aromatic rings. The van der Waals surface area contributed by atoms with Gasteiger partial charge < -0.3 is 15.6 Å². The maximum Gasteiger partial charge on any atom is 0.172 e. The number of hydrogen-bond acceptors (Lipinski definition) is 3. The third-order valence-corrected chi connectivity index (χ3v) is 3.22. The van der Waals surface area contributed by atoms with Gasteiger partial charge in [-0.1, -0.05) is 0 Å². The number of rotatable bonds is 3. The summed E-state index contributed by atoms with van der Waals surface area (Å²) in [5.74, 6) is 1.11. The van der Waals surface area contributed by atoms with Gasteiger partial charge in [0, 0.05) is 12.0 Å². The third-order valence-electron chi connectivity index (χ3n) is 2.62. The van der Waals surface area contributed by atoms with Crippen molar-refractivity contribution in [2.75, 3.05) is 6.61 Å². The van der Waals surface area contributed by atoms with Crippen LogP contribution >= 0.6 is 15.9 Å². The minimum Gasteiger partial charge on any atom is -0.503 e. The number of halogens is 1. The number of hydrogen-bond donors (Lipinski definition) is 2. The van der Waals surface area contributed by atoms with Crippen LogP contribution in [0.3, 0.4) is 0 Å². The molecule has 1 fully saturated rings. The van der Waals surface area contributed by atoms with E-state index in [0.29, 0.717) is 22.7 Å². The summed E-state index contributed by atoms with van der Waals surface area (Å²) in [6.07, 6.45) is 1.02. The third kappa shape index (κ3) is 2.11. The van der Waals surface area contributed by atoms with Gasteiger partial charge in [-0.25, -0.2) is 0 Å². The van der Waals surface area contributed by atoms with Crippen LogP contribution in [0.15, 0.2) is 16.6 Å². The Labute approximate surface area is 97.4 Å². The second-order valence-corrected chi connectivity index (χ2v) is 4.64. The average Bonchev–Trinajstić information content (AvgIpc) is 2.91. The standard InChI is InChI=1S/C11H14BrNO2/c1-2-15-10-4-6(7-5-9(7)13)3-8(12)11(10)14/h3-4,7,9,14H,2,5,13H2,1H3/t7-,9+/m0/s1. The number of aromatic hydroxyl groups is 1. The average molecular weight is 272 g/mol. The van der Waals surface area contributed by atoms with Crippen molar-refractivity contribution < 1.29 is 9.84 Å². The van der Waals surface area contributed by atoms with E-state index in [0.717, 1.165) is 12.0 Å². The molecule has 0 heterocycles. The summed E-state index contributed by atoms with van der Waals surface area (Å²) in [4.78, 5) is 0. The molecule has 0 aromatic heterocycles. The molecule has 1 aliphatic rings. The van der Waals surface area contributed by atoms with E-state index < -0.39 is 0 Å². The minimum absolute atomic E-state index is 0.162. The first-order valence-electron chi connectivity index (χ1n) is 5.04. The largest absolute Gasteiger partial charge is 0.503 e. The monoisotopic (exact) mass is 271 g/mol. The van der Waals surface area contributed by atoms with Gasteiger partial charge in [0.15, 0.2) is 11.5 Å². The van der Waals surface area contributed by atoms with Crippen molar-refractivity contribution in [3.05, 3.63) is 22.2 Å². The summed E-state index contributed by atoms with van der Waals surface area (Å²) in [6, 6.07) is 4.05. The van der Waals surface area contributed by atoms with Gasteiger partial charge in [-0.15, -0.1) is 0 Å². The molecule has 0 aliphatic heterocycles. The van der Waals surface area contributed by atoms with Crippen LogP contribution in [0.2, 0.25) is 0 Å². The molecule has 0 saturated heterocycles. The lowest BCUT2D eigenvalue weighted by molar-refractivity contribution is 0.317. The number of phenols is 1. The maximum atomic E-state index is 9.72. The van der Waals surface area contributed by atoms with Crippen LogP contribution in [0.4, 0.5) is 0 Å². The lowest BCUT2D eigenvalue weighted by Gasteiger charge is -2.09. The van der Waals surface area contributed by atoms with Crippen molar-refractivity contribution in [3.8, 4) is 11.5 Å². The SMILES string of the molecule is CCOc1cc([C@@H]2C[C@H]2N)cc(Br)c1O. The van der Waals surface area contributed by atoms with Crippen LogP contribution in [0.1, 0.15) is 24.8 Å². The number of phenolic OH excluding ortho intramolecular Hbond substituents is 1. The first kappa shape index (κ1) is 10.8. The molecule has 0 bridgehead atoms. The molecule has 2 atom stereocenters. The van der Waals surface area contributed by atoms with E-state index in [1.807, 2.05) is 19.1 Å². The Hall–Kier alpha value is -0.740. The zero-order chi connectivity index (χ0) is 11.0. The Morgan fingerprint density at radius 3 is 2.80 bits per heavy atom. The normalized spacial score (nSPS) is 23.9. The van der Waals surface area contributed by atoms with Crippen LogP contribution in [-0.2, 0) is 0 Å². The van der Waals surface area contributed by atoms with E-state index in [9.17, 15) is 5.11 Å². The summed E-state index contributed by atoms with van der Waals surface area (Å²) >= 11 is 3.31. The molecule has 0 spiro atoms. The van der Waals surface area contributed by atoms with Gasteiger partial charge in [0.1, 0.15) is 0 Å². The Morgan fingerprint density at radius 2 is 2.27 bits per heavy atom. The Morgan fingerprint density at radius 1 is 1.60 bits per heavy atom. The summed E-state index contributed by atoms with van der Waals surface area (Å²) < 4.78 is 6.02. The second kappa shape index (κ2) is 4.02. The highest BCUT2D eigenvalue weighted by molar-refractivity contribution is 9.10. The van der Waals surface area contributed by atoms with Crippen LogP contribution in [0, 0.1) is 0 Å². The van der Waals surface area contributed by atoms with Crippen LogP contribution < -0.4 is 10.5 Å². The van der Waals surface area contributed by atoms with E-state index in [2.05, 4.69) is 15.9 Å². The highest BCUT2D eigenvalue weighted by Gasteiger charge is 2.35. The highest BCUT2D eigenvalue weighted by Crippen LogP contribution is 2.44. The molecular weight excluding hydrogens is 258 g/mol. The summed E-state index contributed by atoms with van der Waals surface area (Å²) in [5.41, 5.74) is 6.93. The molecular formula is C11H14BrNO2. The van der Waals surface area contributed by atoms with Crippen LogP contribution in [-0.4, -0.2) is 17.8 Å². The van der Waals surface area contributed by atoms with Crippen molar-refractivity contribution in [1.29, 1.82) is 0 Å². The van der Waals surface area contributed by atoms with Crippen LogP contribution in [0.25, 0.3) is 0 Å². The predicted molar refractivity (Wildman–Crippen MR) is 62.3 cm³/mol. The molecule has 0 radical (unpaired) electrons. The molecule has 2 rings (SSSR count). The fourth-order valence-corrected chi connectivity index (χ4v) is 2.13. The topological polar surface area (TPSA) is 55.5 Å². The number of ether oxygens (including phenoxy) is 1. The quantitative estimate of drug-likeness (QED) is 0.888. The van der Waals surface area contributed by atoms with E-state index in [1.165, 1.54) is 0 Å². The minimum atomic E-state index is 0.162.